The van der Waals surface area contributed by atoms with Gasteiger partial charge in [0.05, 0.1) is 16.6 Å². The third kappa shape index (κ3) is 4.68. The van der Waals surface area contributed by atoms with Gasteiger partial charge in [0.25, 0.3) is 5.69 Å². The van der Waals surface area contributed by atoms with Crippen LogP contribution in [-0.2, 0) is 11.0 Å². The molecule has 1 aromatic carbocycles. The number of thioether (sulfide) groups is 1. The number of nitro benzene ring substituents is 1. The lowest BCUT2D eigenvalue weighted by atomic mass is 9.98. The van der Waals surface area contributed by atoms with Gasteiger partial charge in [0.1, 0.15) is 6.10 Å². The summed E-state index contributed by atoms with van der Waals surface area (Å²) in [6.07, 6.45) is -8.54. The fourth-order valence-electron chi connectivity index (χ4n) is 1.67. The van der Waals surface area contributed by atoms with Crippen LogP contribution in [0.15, 0.2) is 18.2 Å². The minimum Gasteiger partial charge on any atom is -0.389 e. The van der Waals surface area contributed by atoms with Crippen LogP contribution in [0, 0.1) is 10.1 Å². The van der Waals surface area contributed by atoms with Crippen molar-refractivity contribution in [2.45, 2.75) is 25.3 Å². The number of hydrogen-bond acceptors (Lipinski definition) is 6. The van der Waals surface area contributed by atoms with Gasteiger partial charge in [-0.15, -0.1) is 0 Å². The van der Waals surface area contributed by atoms with E-state index < -0.39 is 40.1 Å². The van der Waals surface area contributed by atoms with Gasteiger partial charge >= 0.3 is 6.18 Å². The number of alkyl halides is 3. The van der Waals surface area contributed by atoms with E-state index in [-0.39, 0.29) is 10.9 Å². The number of hydrogen-bond donors (Lipinski definition) is 2. The molecule has 0 bridgehead atoms. The predicted octanol–water partition coefficient (Wildman–Crippen LogP) is 2.29. The van der Waals surface area contributed by atoms with Crippen molar-refractivity contribution in [2.75, 3.05) is 5.75 Å². The molecule has 1 rings (SSSR count). The number of rotatable bonds is 5. The van der Waals surface area contributed by atoms with Crippen LogP contribution in [0.4, 0.5) is 18.9 Å². The average molecular weight is 339 g/mol. The molecule has 0 heterocycles. The number of non-ortho nitro benzene ring substituents is 1. The number of carbonyl (C=O) groups is 1. The highest BCUT2D eigenvalue weighted by molar-refractivity contribution is 8.13. The smallest absolute Gasteiger partial charge is 0.389 e. The second-order valence-corrected chi connectivity index (χ2v) is 5.54. The van der Waals surface area contributed by atoms with Gasteiger partial charge in [0.2, 0.25) is 0 Å². The Balaban J connectivity index is 3.20. The Morgan fingerprint density at radius 1 is 1.41 bits per heavy atom. The van der Waals surface area contributed by atoms with E-state index in [0.717, 1.165) is 0 Å². The standard InChI is InChI=1S/C12H12F3NO5S/c1-6(17)22-5-10(18)11(19)8-4-7(16(20)21)2-3-9(8)12(13,14)15/h2-4,10-11,18-19H,5H2,1H3. The Kier molecular flexibility index (Phi) is 5.92. The summed E-state index contributed by atoms with van der Waals surface area (Å²) >= 11 is 0.622. The third-order valence-electron chi connectivity index (χ3n) is 2.69. The van der Waals surface area contributed by atoms with Crippen LogP contribution in [0.25, 0.3) is 0 Å². The van der Waals surface area contributed by atoms with E-state index in [2.05, 4.69) is 0 Å². The Morgan fingerprint density at radius 2 is 2.00 bits per heavy atom. The van der Waals surface area contributed by atoms with E-state index in [1.54, 1.807) is 0 Å². The first-order valence-electron chi connectivity index (χ1n) is 5.89. The molecular formula is C12H12F3NO5S. The van der Waals surface area contributed by atoms with Gasteiger partial charge in [-0.2, -0.15) is 13.2 Å². The summed E-state index contributed by atoms with van der Waals surface area (Å²) in [5, 5.41) is 29.8. The molecular weight excluding hydrogens is 327 g/mol. The molecule has 22 heavy (non-hydrogen) atoms. The average Bonchev–Trinajstić information content (AvgIpc) is 2.42. The molecule has 1 aromatic rings. The van der Waals surface area contributed by atoms with Crippen molar-refractivity contribution in [3.05, 3.63) is 39.4 Å². The van der Waals surface area contributed by atoms with E-state index in [4.69, 9.17) is 0 Å². The van der Waals surface area contributed by atoms with Crippen LogP contribution in [-0.4, -0.2) is 32.1 Å². The maximum Gasteiger partial charge on any atom is 0.416 e. The summed E-state index contributed by atoms with van der Waals surface area (Å²) in [6.45, 7) is 1.19. The molecule has 0 saturated carbocycles. The fourth-order valence-corrected chi connectivity index (χ4v) is 2.26. The Morgan fingerprint density at radius 3 is 2.45 bits per heavy atom. The molecule has 6 nitrogen and oxygen atoms in total. The SMILES string of the molecule is CC(=O)SCC(O)C(O)c1cc([N+](=O)[O-])ccc1C(F)(F)F. The first kappa shape index (κ1) is 18.4. The van der Waals surface area contributed by atoms with Gasteiger partial charge in [-0.1, -0.05) is 11.8 Å². The van der Waals surface area contributed by atoms with Crippen molar-refractivity contribution in [3.8, 4) is 0 Å². The maximum absolute atomic E-state index is 12.9. The quantitative estimate of drug-likeness (QED) is 0.630. The van der Waals surface area contributed by atoms with E-state index in [1.807, 2.05) is 0 Å². The van der Waals surface area contributed by atoms with Crippen LogP contribution in [0.1, 0.15) is 24.2 Å². The first-order chi connectivity index (χ1) is 10.0. The number of nitro groups is 1. The molecule has 2 atom stereocenters. The molecule has 0 spiro atoms. The molecule has 0 aromatic heterocycles. The maximum atomic E-state index is 12.9. The normalized spacial score (nSPS) is 14.5. The van der Waals surface area contributed by atoms with Crippen LogP contribution in [0.5, 0.6) is 0 Å². The van der Waals surface area contributed by atoms with Crippen LogP contribution in [0.3, 0.4) is 0 Å². The molecule has 0 saturated heterocycles. The number of aliphatic hydroxyl groups is 2. The molecule has 0 radical (unpaired) electrons. The molecule has 122 valence electrons. The fraction of sp³-hybridized carbons (Fsp3) is 0.417. The molecule has 0 aliphatic rings. The number of nitrogens with zero attached hydrogens (tertiary/aromatic N) is 1. The lowest BCUT2D eigenvalue weighted by Gasteiger charge is -2.21. The third-order valence-corrected chi connectivity index (χ3v) is 3.61. The van der Waals surface area contributed by atoms with E-state index in [9.17, 15) is 38.3 Å². The molecule has 2 N–H and O–H groups in total. The monoisotopic (exact) mass is 339 g/mol. The van der Waals surface area contributed by atoms with Crippen molar-refractivity contribution in [1.82, 2.24) is 0 Å². The van der Waals surface area contributed by atoms with Gasteiger partial charge in [0.15, 0.2) is 5.12 Å². The van der Waals surface area contributed by atoms with Gasteiger partial charge in [-0.3, -0.25) is 14.9 Å². The number of aliphatic hydroxyl groups excluding tert-OH is 2. The molecule has 0 fully saturated rings. The number of carbonyl (C=O) groups excluding carboxylic acids is 1. The molecule has 2 unspecified atom stereocenters. The Labute approximate surface area is 127 Å². The predicted molar refractivity (Wildman–Crippen MR) is 72.2 cm³/mol. The topological polar surface area (TPSA) is 101 Å². The summed E-state index contributed by atoms with van der Waals surface area (Å²) < 4.78 is 38.7. The van der Waals surface area contributed by atoms with Crippen molar-refractivity contribution in [1.29, 1.82) is 0 Å². The minimum absolute atomic E-state index is 0.337. The minimum atomic E-state index is -4.85. The number of benzene rings is 1. The zero-order valence-electron chi connectivity index (χ0n) is 11.2. The lowest BCUT2D eigenvalue weighted by molar-refractivity contribution is -0.385. The van der Waals surface area contributed by atoms with Crippen LogP contribution in [0.2, 0.25) is 0 Å². The van der Waals surface area contributed by atoms with E-state index >= 15 is 0 Å². The zero-order chi connectivity index (χ0) is 17.1. The molecule has 0 aliphatic carbocycles. The highest BCUT2D eigenvalue weighted by Gasteiger charge is 2.37. The summed E-state index contributed by atoms with van der Waals surface area (Å²) in [5.74, 6) is -0.337. The van der Waals surface area contributed by atoms with Crippen LogP contribution < -0.4 is 0 Å². The molecule has 10 heteroatoms. The number of halogens is 3. The highest BCUT2D eigenvalue weighted by atomic mass is 32.2. The molecule has 0 aliphatic heterocycles. The summed E-state index contributed by atoms with van der Waals surface area (Å²) in [6, 6.07) is 1.70. The first-order valence-corrected chi connectivity index (χ1v) is 6.87. The second kappa shape index (κ2) is 7.07. The second-order valence-electron chi connectivity index (χ2n) is 4.34. The summed E-state index contributed by atoms with van der Waals surface area (Å²) in [4.78, 5) is 20.5. The van der Waals surface area contributed by atoms with E-state index in [0.29, 0.717) is 30.0 Å². The molecule has 0 amide bonds. The largest absolute Gasteiger partial charge is 0.416 e. The van der Waals surface area contributed by atoms with Crippen molar-refractivity contribution >= 4 is 22.6 Å². The zero-order valence-corrected chi connectivity index (χ0v) is 12.0. The lowest BCUT2D eigenvalue weighted by Crippen LogP contribution is -2.24. The van der Waals surface area contributed by atoms with Crippen molar-refractivity contribution in [2.24, 2.45) is 0 Å². The Bertz CT molecular complexity index is 578. The van der Waals surface area contributed by atoms with Gasteiger partial charge < -0.3 is 10.2 Å². The summed E-state index contributed by atoms with van der Waals surface area (Å²) in [5.41, 5.74) is -2.73. The van der Waals surface area contributed by atoms with Crippen molar-refractivity contribution in [3.63, 3.8) is 0 Å². The van der Waals surface area contributed by atoms with Gasteiger partial charge in [0, 0.05) is 30.4 Å². The van der Waals surface area contributed by atoms with Gasteiger partial charge in [-0.05, 0) is 6.07 Å². The highest BCUT2D eigenvalue weighted by Crippen LogP contribution is 2.37. The van der Waals surface area contributed by atoms with Crippen LogP contribution >= 0.6 is 11.8 Å². The van der Waals surface area contributed by atoms with E-state index in [1.165, 1.54) is 6.92 Å². The summed E-state index contributed by atoms with van der Waals surface area (Å²) in [7, 11) is 0. The van der Waals surface area contributed by atoms with Crippen molar-refractivity contribution < 1.29 is 33.1 Å². The van der Waals surface area contributed by atoms with Gasteiger partial charge in [-0.25, -0.2) is 0 Å². The Hall–Kier alpha value is -1.65.